The quantitative estimate of drug-likeness (QED) is 0.839. The zero-order valence-corrected chi connectivity index (χ0v) is 12.9. The van der Waals surface area contributed by atoms with E-state index in [-0.39, 0.29) is 12.5 Å². The van der Waals surface area contributed by atoms with Crippen LogP contribution in [0.3, 0.4) is 0 Å². The molecule has 0 saturated carbocycles. The first-order valence-electron chi connectivity index (χ1n) is 6.87. The van der Waals surface area contributed by atoms with Crippen LogP contribution >= 0.6 is 0 Å². The van der Waals surface area contributed by atoms with E-state index in [1.54, 1.807) is 13.1 Å². The van der Waals surface area contributed by atoms with Crippen molar-refractivity contribution in [3.63, 3.8) is 0 Å². The molecule has 0 heterocycles. The number of nitriles is 1. The van der Waals surface area contributed by atoms with E-state index in [1.807, 2.05) is 25.1 Å². The normalized spacial score (nSPS) is 11.8. The summed E-state index contributed by atoms with van der Waals surface area (Å²) in [6.45, 7) is 8.47. The van der Waals surface area contributed by atoms with Crippen molar-refractivity contribution in [2.24, 2.45) is 5.92 Å². The van der Waals surface area contributed by atoms with Gasteiger partial charge in [-0.1, -0.05) is 19.9 Å². The lowest BCUT2D eigenvalue weighted by Crippen LogP contribution is -2.28. The zero-order valence-electron chi connectivity index (χ0n) is 12.9. The Morgan fingerprint density at radius 3 is 2.60 bits per heavy atom. The SMILES string of the molecule is Cc1c(NC(C)C(C)C)cccc1C(=O)N(C)CC#N. The summed E-state index contributed by atoms with van der Waals surface area (Å²) in [5.41, 5.74) is 2.54. The van der Waals surface area contributed by atoms with E-state index in [2.05, 4.69) is 26.1 Å². The highest BCUT2D eigenvalue weighted by molar-refractivity contribution is 5.97. The van der Waals surface area contributed by atoms with Crippen LogP contribution in [-0.2, 0) is 0 Å². The number of nitrogens with zero attached hydrogens (tertiary/aromatic N) is 2. The predicted octanol–water partition coefficient (Wildman–Crippen LogP) is 3.05. The van der Waals surface area contributed by atoms with E-state index in [9.17, 15) is 4.79 Å². The summed E-state index contributed by atoms with van der Waals surface area (Å²) < 4.78 is 0. The number of carbonyl (C=O) groups excluding carboxylic acids is 1. The maximum Gasteiger partial charge on any atom is 0.254 e. The molecule has 0 aliphatic rings. The van der Waals surface area contributed by atoms with Crippen molar-refractivity contribution in [3.8, 4) is 6.07 Å². The van der Waals surface area contributed by atoms with Gasteiger partial charge in [0, 0.05) is 24.3 Å². The molecule has 1 rings (SSSR count). The second-order valence-corrected chi connectivity index (χ2v) is 5.47. The van der Waals surface area contributed by atoms with Gasteiger partial charge in [-0.05, 0) is 37.5 Å². The predicted molar refractivity (Wildman–Crippen MR) is 81.7 cm³/mol. The van der Waals surface area contributed by atoms with Gasteiger partial charge in [0.1, 0.15) is 6.54 Å². The molecule has 0 saturated heterocycles. The third-order valence-corrected chi connectivity index (χ3v) is 3.60. The summed E-state index contributed by atoms with van der Waals surface area (Å²) in [5.74, 6) is 0.389. The van der Waals surface area contributed by atoms with Gasteiger partial charge in [0.15, 0.2) is 0 Å². The monoisotopic (exact) mass is 273 g/mol. The summed E-state index contributed by atoms with van der Waals surface area (Å²) >= 11 is 0. The Labute approximate surface area is 121 Å². The number of nitrogens with one attached hydrogen (secondary N) is 1. The van der Waals surface area contributed by atoms with Gasteiger partial charge < -0.3 is 10.2 Å². The van der Waals surface area contributed by atoms with E-state index in [0.717, 1.165) is 11.3 Å². The minimum atomic E-state index is -0.120. The number of amides is 1. The van der Waals surface area contributed by atoms with Gasteiger partial charge in [-0.2, -0.15) is 5.26 Å². The Hall–Kier alpha value is -2.02. The fraction of sp³-hybridized carbons (Fsp3) is 0.500. The average Bonchev–Trinajstić information content (AvgIpc) is 2.40. The number of carbonyl (C=O) groups is 1. The van der Waals surface area contributed by atoms with E-state index in [1.165, 1.54) is 4.90 Å². The summed E-state index contributed by atoms with van der Waals surface area (Å²) in [6.07, 6.45) is 0. The van der Waals surface area contributed by atoms with E-state index in [4.69, 9.17) is 5.26 Å². The number of benzene rings is 1. The van der Waals surface area contributed by atoms with Crippen LogP contribution in [0.4, 0.5) is 5.69 Å². The van der Waals surface area contributed by atoms with Gasteiger partial charge in [0.2, 0.25) is 0 Å². The van der Waals surface area contributed by atoms with Gasteiger partial charge >= 0.3 is 0 Å². The van der Waals surface area contributed by atoms with Gasteiger partial charge in [-0.25, -0.2) is 0 Å². The second kappa shape index (κ2) is 6.95. The van der Waals surface area contributed by atoms with Crippen LogP contribution in [0, 0.1) is 24.2 Å². The topological polar surface area (TPSA) is 56.1 Å². The highest BCUT2D eigenvalue weighted by Crippen LogP contribution is 2.22. The van der Waals surface area contributed by atoms with Crippen molar-refractivity contribution in [3.05, 3.63) is 29.3 Å². The van der Waals surface area contributed by atoms with E-state index in [0.29, 0.717) is 17.5 Å². The molecule has 20 heavy (non-hydrogen) atoms. The number of hydrogen-bond donors (Lipinski definition) is 1. The van der Waals surface area contributed by atoms with Crippen LogP contribution in [0.15, 0.2) is 18.2 Å². The number of rotatable bonds is 5. The smallest absolute Gasteiger partial charge is 0.254 e. The van der Waals surface area contributed by atoms with E-state index < -0.39 is 0 Å². The molecule has 1 aromatic rings. The first-order chi connectivity index (χ1) is 9.38. The highest BCUT2D eigenvalue weighted by atomic mass is 16.2. The standard InChI is InChI=1S/C16H23N3O/c1-11(2)13(4)18-15-8-6-7-14(12(15)3)16(20)19(5)10-9-17/h6-8,11,13,18H,10H2,1-5H3. The summed E-state index contributed by atoms with van der Waals surface area (Å²) in [6, 6.07) is 7.97. The fourth-order valence-electron chi connectivity index (χ4n) is 1.82. The molecule has 0 aromatic heterocycles. The molecule has 1 amide bonds. The molecule has 108 valence electrons. The Kier molecular flexibility index (Phi) is 5.57. The van der Waals surface area contributed by atoms with Crippen LogP contribution in [0.5, 0.6) is 0 Å². The van der Waals surface area contributed by atoms with Crippen LogP contribution in [0.25, 0.3) is 0 Å². The number of anilines is 1. The van der Waals surface area contributed by atoms with Gasteiger partial charge in [0.25, 0.3) is 5.91 Å². The van der Waals surface area contributed by atoms with Gasteiger partial charge in [0.05, 0.1) is 6.07 Å². The molecule has 4 heteroatoms. The van der Waals surface area contributed by atoms with Crippen molar-refractivity contribution in [1.29, 1.82) is 5.26 Å². The lowest BCUT2D eigenvalue weighted by atomic mass is 10.0. The van der Waals surface area contributed by atoms with Crippen molar-refractivity contribution < 1.29 is 4.79 Å². The molecule has 0 bridgehead atoms. The minimum Gasteiger partial charge on any atom is -0.382 e. The second-order valence-electron chi connectivity index (χ2n) is 5.47. The zero-order chi connectivity index (χ0) is 15.3. The van der Waals surface area contributed by atoms with Crippen LogP contribution < -0.4 is 5.32 Å². The summed E-state index contributed by atoms with van der Waals surface area (Å²) in [5, 5.41) is 12.1. The molecular weight excluding hydrogens is 250 g/mol. The largest absolute Gasteiger partial charge is 0.382 e. The first-order valence-corrected chi connectivity index (χ1v) is 6.87. The average molecular weight is 273 g/mol. The molecule has 1 aromatic carbocycles. The maximum atomic E-state index is 12.3. The van der Waals surface area contributed by atoms with Crippen LogP contribution in [0.2, 0.25) is 0 Å². The van der Waals surface area contributed by atoms with Crippen LogP contribution in [0.1, 0.15) is 36.7 Å². The van der Waals surface area contributed by atoms with Crippen molar-refractivity contribution in [2.45, 2.75) is 33.7 Å². The fourth-order valence-corrected chi connectivity index (χ4v) is 1.82. The highest BCUT2D eigenvalue weighted by Gasteiger charge is 2.16. The third kappa shape index (κ3) is 3.74. The lowest BCUT2D eigenvalue weighted by Gasteiger charge is -2.22. The molecule has 1 atom stereocenters. The molecule has 4 nitrogen and oxygen atoms in total. The molecule has 0 aliphatic heterocycles. The Morgan fingerprint density at radius 1 is 1.40 bits per heavy atom. The Bertz CT molecular complexity index is 517. The minimum absolute atomic E-state index is 0.0956. The maximum absolute atomic E-state index is 12.3. The summed E-state index contributed by atoms with van der Waals surface area (Å²) in [4.78, 5) is 13.7. The van der Waals surface area contributed by atoms with Crippen molar-refractivity contribution >= 4 is 11.6 Å². The third-order valence-electron chi connectivity index (χ3n) is 3.60. The van der Waals surface area contributed by atoms with Gasteiger partial charge in [-0.3, -0.25) is 4.79 Å². The van der Waals surface area contributed by atoms with E-state index >= 15 is 0 Å². The Morgan fingerprint density at radius 2 is 2.05 bits per heavy atom. The molecule has 1 unspecified atom stereocenters. The van der Waals surface area contributed by atoms with Crippen LogP contribution in [-0.4, -0.2) is 30.4 Å². The van der Waals surface area contributed by atoms with Crippen molar-refractivity contribution in [2.75, 3.05) is 18.9 Å². The summed E-state index contributed by atoms with van der Waals surface area (Å²) in [7, 11) is 1.64. The lowest BCUT2D eigenvalue weighted by molar-refractivity contribution is 0.0811. The first kappa shape index (κ1) is 16.0. The van der Waals surface area contributed by atoms with Crippen molar-refractivity contribution in [1.82, 2.24) is 4.90 Å². The van der Waals surface area contributed by atoms with Gasteiger partial charge in [-0.15, -0.1) is 0 Å². The molecule has 0 radical (unpaired) electrons. The molecule has 1 N–H and O–H groups in total. The number of hydrogen-bond acceptors (Lipinski definition) is 3. The molecule has 0 fully saturated rings. The molecular formula is C16H23N3O. The molecule has 0 aliphatic carbocycles. The Balaban J connectivity index is 3.01. The molecule has 0 spiro atoms.